The Kier molecular flexibility index (Phi) is 5.47. The average molecular weight is 438 g/mol. The molecule has 2 N–H and O–H groups in total. The fourth-order valence-corrected chi connectivity index (χ4v) is 6.36. The van der Waals surface area contributed by atoms with E-state index in [0.717, 1.165) is 30.8 Å². The molecular formula is C18H20ClN5O2S2. The summed E-state index contributed by atoms with van der Waals surface area (Å²) < 4.78 is 27.7. The Hall–Kier alpha value is -1.86. The van der Waals surface area contributed by atoms with Gasteiger partial charge in [0, 0.05) is 24.2 Å². The Labute approximate surface area is 173 Å². The maximum absolute atomic E-state index is 12.7. The van der Waals surface area contributed by atoms with Crippen molar-refractivity contribution in [2.75, 3.05) is 29.7 Å². The van der Waals surface area contributed by atoms with E-state index in [-0.39, 0.29) is 20.6 Å². The highest BCUT2D eigenvalue weighted by atomic mass is 35.5. The van der Waals surface area contributed by atoms with Gasteiger partial charge in [0.25, 0.3) is 10.0 Å². The maximum atomic E-state index is 12.7. The second-order valence-corrected chi connectivity index (χ2v) is 10.0. The fourth-order valence-electron chi connectivity index (χ4n) is 4.11. The molecule has 1 aromatic carbocycles. The molecule has 148 valence electrons. The third-order valence-corrected chi connectivity index (χ3v) is 7.94. The topological polar surface area (TPSA) is 98.1 Å². The highest BCUT2D eigenvalue weighted by Gasteiger charge is 2.36. The second kappa shape index (κ2) is 7.87. The van der Waals surface area contributed by atoms with Gasteiger partial charge in [-0.05, 0) is 50.4 Å². The first-order chi connectivity index (χ1) is 13.5. The number of halogens is 1. The Balaban J connectivity index is 1.53. The van der Waals surface area contributed by atoms with Crippen LogP contribution in [0, 0.1) is 17.2 Å². The van der Waals surface area contributed by atoms with Crippen LogP contribution in [-0.4, -0.2) is 44.0 Å². The van der Waals surface area contributed by atoms with E-state index in [1.807, 2.05) is 6.07 Å². The lowest BCUT2D eigenvalue weighted by atomic mass is 9.98. The molecule has 0 aliphatic carbocycles. The van der Waals surface area contributed by atoms with Crippen LogP contribution >= 0.6 is 22.9 Å². The molecule has 28 heavy (non-hydrogen) atoms. The standard InChI is InChI=1S/C18H20ClN5O2S2/c19-14-9-17(28(25,26)23-18-21-4-7-27-18)13(10-20)8-15(14)22-11-12-3-6-24-5-1-2-16(12)24/h4,7-9,12,16,22H,1-3,5-6,11H2,(H,21,23)/t12-,16?/m0/s1. The smallest absolute Gasteiger partial charge is 0.265 e. The summed E-state index contributed by atoms with van der Waals surface area (Å²) in [5, 5.41) is 15.0. The first-order valence-electron chi connectivity index (χ1n) is 9.12. The molecule has 7 nitrogen and oxygen atoms in total. The highest BCUT2D eigenvalue weighted by Crippen LogP contribution is 2.34. The SMILES string of the molecule is N#Cc1cc(NC[C@@H]2CCN3CCCC23)c(Cl)cc1S(=O)(=O)Nc1nccs1. The summed E-state index contributed by atoms with van der Waals surface area (Å²) in [7, 11) is -3.95. The van der Waals surface area contributed by atoms with Gasteiger partial charge in [-0.1, -0.05) is 11.6 Å². The number of benzene rings is 1. The Bertz CT molecular complexity index is 1000. The molecule has 0 spiro atoms. The van der Waals surface area contributed by atoms with Crippen LogP contribution in [0.5, 0.6) is 0 Å². The van der Waals surface area contributed by atoms with Gasteiger partial charge in [-0.15, -0.1) is 11.3 Å². The molecule has 3 heterocycles. The Morgan fingerprint density at radius 3 is 2.96 bits per heavy atom. The Morgan fingerprint density at radius 2 is 2.21 bits per heavy atom. The van der Waals surface area contributed by atoms with Gasteiger partial charge in [-0.25, -0.2) is 13.4 Å². The zero-order valence-electron chi connectivity index (χ0n) is 15.1. The molecule has 0 bridgehead atoms. The molecule has 2 fully saturated rings. The van der Waals surface area contributed by atoms with Crippen LogP contribution in [0.1, 0.15) is 24.8 Å². The van der Waals surface area contributed by atoms with Crippen molar-refractivity contribution in [2.24, 2.45) is 5.92 Å². The van der Waals surface area contributed by atoms with Crippen LogP contribution in [0.3, 0.4) is 0 Å². The lowest BCUT2D eigenvalue weighted by Crippen LogP contribution is -2.29. The predicted octanol–water partition coefficient (Wildman–Crippen LogP) is 3.37. The van der Waals surface area contributed by atoms with E-state index < -0.39 is 10.0 Å². The van der Waals surface area contributed by atoms with E-state index in [4.69, 9.17) is 11.6 Å². The third-order valence-electron chi connectivity index (χ3n) is 5.43. The van der Waals surface area contributed by atoms with E-state index >= 15 is 0 Å². The third kappa shape index (κ3) is 3.82. The number of aromatic nitrogens is 1. The largest absolute Gasteiger partial charge is 0.383 e. The zero-order valence-corrected chi connectivity index (χ0v) is 17.4. The van der Waals surface area contributed by atoms with Gasteiger partial charge in [0.05, 0.1) is 16.3 Å². The summed E-state index contributed by atoms with van der Waals surface area (Å²) in [5.74, 6) is 0.541. The number of hydrogen-bond acceptors (Lipinski definition) is 7. The van der Waals surface area contributed by atoms with Crippen molar-refractivity contribution >= 4 is 43.8 Å². The van der Waals surface area contributed by atoms with Gasteiger partial charge < -0.3 is 10.2 Å². The summed E-state index contributed by atoms with van der Waals surface area (Å²) >= 11 is 7.52. The number of nitriles is 1. The van der Waals surface area contributed by atoms with Crippen molar-refractivity contribution in [1.82, 2.24) is 9.88 Å². The summed E-state index contributed by atoms with van der Waals surface area (Å²) in [6.07, 6.45) is 5.12. The molecule has 4 rings (SSSR count). The molecular weight excluding hydrogens is 418 g/mol. The van der Waals surface area contributed by atoms with Gasteiger partial charge in [0.15, 0.2) is 5.13 Å². The molecule has 10 heteroatoms. The van der Waals surface area contributed by atoms with E-state index in [1.54, 1.807) is 5.38 Å². The van der Waals surface area contributed by atoms with Gasteiger partial charge in [-0.3, -0.25) is 4.72 Å². The number of nitrogens with one attached hydrogen (secondary N) is 2. The van der Waals surface area contributed by atoms with Crippen molar-refractivity contribution in [2.45, 2.75) is 30.2 Å². The molecule has 0 radical (unpaired) electrons. The van der Waals surface area contributed by atoms with Gasteiger partial charge in [-0.2, -0.15) is 5.26 Å². The number of rotatable bonds is 6. The lowest BCUT2D eigenvalue weighted by molar-refractivity contribution is 0.295. The zero-order chi connectivity index (χ0) is 19.7. The summed E-state index contributed by atoms with van der Waals surface area (Å²) in [6.45, 7) is 3.07. The number of fused-ring (bicyclic) bond motifs is 1. The number of anilines is 2. The van der Waals surface area contributed by atoms with Crippen molar-refractivity contribution in [3.63, 3.8) is 0 Å². The van der Waals surface area contributed by atoms with Gasteiger partial charge in [0.1, 0.15) is 11.0 Å². The molecule has 2 aliphatic rings. The highest BCUT2D eigenvalue weighted by molar-refractivity contribution is 7.93. The van der Waals surface area contributed by atoms with Crippen LogP contribution < -0.4 is 10.0 Å². The first kappa shape index (κ1) is 19.5. The summed E-state index contributed by atoms with van der Waals surface area (Å²) in [6, 6.07) is 5.43. The van der Waals surface area contributed by atoms with Gasteiger partial charge in [0.2, 0.25) is 0 Å². The van der Waals surface area contributed by atoms with Crippen LogP contribution in [0.2, 0.25) is 5.02 Å². The van der Waals surface area contributed by atoms with Crippen molar-refractivity contribution in [1.29, 1.82) is 5.26 Å². The van der Waals surface area contributed by atoms with Crippen LogP contribution in [0.25, 0.3) is 0 Å². The average Bonchev–Trinajstić information content (AvgIpc) is 3.39. The van der Waals surface area contributed by atoms with Crippen molar-refractivity contribution < 1.29 is 8.42 Å². The van der Waals surface area contributed by atoms with Crippen molar-refractivity contribution in [3.05, 3.63) is 34.3 Å². The predicted molar refractivity (Wildman–Crippen MR) is 110 cm³/mol. The number of hydrogen-bond donors (Lipinski definition) is 2. The van der Waals surface area contributed by atoms with Gasteiger partial charge >= 0.3 is 0 Å². The van der Waals surface area contributed by atoms with Crippen molar-refractivity contribution in [3.8, 4) is 6.07 Å². The quantitative estimate of drug-likeness (QED) is 0.718. The molecule has 2 aromatic rings. The molecule has 0 saturated carbocycles. The number of nitrogens with zero attached hydrogens (tertiary/aromatic N) is 3. The molecule has 2 atom stereocenters. The minimum Gasteiger partial charge on any atom is -0.383 e. The number of thiazole rings is 1. The van der Waals surface area contributed by atoms with Crippen LogP contribution in [0.15, 0.2) is 28.6 Å². The second-order valence-electron chi connectivity index (χ2n) is 7.06. The lowest BCUT2D eigenvalue weighted by Gasteiger charge is -2.21. The molecule has 1 unspecified atom stereocenters. The molecule has 2 aliphatic heterocycles. The first-order valence-corrected chi connectivity index (χ1v) is 11.9. The van der Waals surface area contributed by atoms with E-state index in [1.165, 1.54) is 37.7 Å². The monoisotopic (exact) mass is 437 g/mol. The van der Waals surface area contributed by atoms with E-state index in [9.17, 15) is 13.7 Å². The molecule has 2 saturated heterocycles. The summed E-state index contributed by atoms with van der Waals surface area (Å²) in [5.41, 5.74) is 0.632. The molecule has 1 aromatic heterocycles. The minimum atomic E-state index is -3.95. The molecule has 0 amide bonds. The van der Waals surface area contributed by atoms with E-state index in [2.05, 4.69) is 19.9 Å². The fraction of sp³-hybridized carbons (Fsp3) is 0.444. The van der Waals surface area contributed by atoms with Crippen LogP contribution in [-0.2, 0) is 10.0 Å². The number of sulfonamides is 1. The maximum Gasteiger partial charge on any atom is 0.265 e. The summed E-state index contributed by atoms with van der Waals surface area (Å²) in [4.78, 5) is 6.31. The Morgan fingerprint density at radius 1 is 1.36 bits per heavy atom. The normalized spacial score (nSPS) is 22.0. The van der Waals surface area contributed by atoms with E-state index in [0.29, 0.717) is 17.6 Å². The van der Waals surface area contributed by atoms with Crippen LogP contribution in [0.4, 0.5) is 10.8 Å². The minimum absolute atomic E-state index is 0.0462.